The van der Waals surface area contributed by atoms with Crippen molar-refractivity contribution in [3.8, 4) is 0 Å². The largest absolute Gasteiger partial charge is 0.386 e. The maximum atomic E-state index is 12.6. The molecule has 0 aliphatic rings. The van der Waals surface area contributed by atoms with Gasteiger partial charge in [-0.2, -0.15) is 0 Å². The Kier molecular flexibility index (Phi) is 13.1. The van der Waals surface area contributed by atoms with Crippen molar-refractivity contribution in [2.45, 2.75) is 58.3 Å². The molecule has 0 fully saturated rings. The van der Waals surface area contributed by atoms with Crippen LogP contribution in [-0.4, -0.2) is 18.7 Å². The zero-order valence-corrected chi connectivity index (χ0v) is 22.7. The monoisotopic (exact) mass is 500 g/mol. The number of thioether (sulfide) groups is 1. The van der Waals surface area contributed by atoms with Gasteiger partial charge in [0.2, 0.25) is 5.91 Å². The summed E-state index contributed by atoms with van der Waals surface area (Å²) in [5.41, 5.74) is 3.45. The molecule has 0 radical (unpaired) electrons. The summed E-state index contributed by atoms with van der Waals surface area (Å²) in [6, 6.07) is 20.3. The molecule has 0 aliphatic carbocycles. The predicted octanol–water partition coefficient (Wildman–Crippen LogP) is 8.31. The summed E-state index contributed by atoms with van der Waals surface area (Å²) in [7, 11) is 1.54. The molecular weight excluding hydrogens is 462 g/mol. The summed E-state index contributed by atoms with van der Waals surface area (Å²) >= 11 is 1.81. The molecule has 0 atom stereocenters. The molecule has 35 heavy (non-hydrogen) atoms. The zero-order chi connectivity index (χ0) is 26.4. The minimum atomic E-state index is -0.829. The van der Waals surface area contributed by atoms with Crippen molar-refractivity contribution in [3.05, 3.63) is 89.5 Å². The Morgan fingerprint density at radius 1 is 0.914 bits per heavy atom. The van der Waals surface area contributed by atoms with Gasteiger partial charge >= 0.3 is 0 Å². The Morgan fingerprint density at radius 2 is 1.51 bits per heavy atom. The normalized spacial score (nSPS) is 10.3. The van der Waals surface area contributed by atoms with Crippen LogP contribution in [0, 0.1) is 11.6 Å². The standard InChI is InChI=1S/C20H25NOS.C7H7F2N.C2H6/c1-5-23-18-12-6-15(7-13-18)14-19(22)21-17-10-8-16(9-11-17)20(2,3)4;1-10-6-4-2-3-5(8)7(6)9;1-2/h6-13H,5,14H2,1-4H3,(H,21,22);2-4,10H,1H3;1-2H3. The molecule has 0 spiro atoms. The molecule has 0 heterocycles. The van der Waals surface area contributed by atoms with E-state index in [0.29, 0.717) is 6.42 Å². The van der Waals surface area contributed by atoms with Crippen LogP contribution in [0.4, 0.5) is 20.2 Å². The Balaban J connectivity index is 0.000000425. The summed E-state index contributed by atoms with van der Waals surface area (Å²) < 4.78 is 24.9. The van der Waals surface area contributed by atoms with Gasteiger partial charge in [-0.05, 0) is 58.7 Å². The highest BCUT2D eigenvalue weighted by Gasteiger charge is 2.13. The second-order valence-corrected chi connectivity index (χ2v) is 9.82. The number of carbonyl (C=O) groups excluding carboxylic acids is 1. The molecule has 3 aromatic rings. The van der Waals surface area contributed by atoms with Crippen LogP contribution in [0.15, 0.2) is 71.6 Å². The summed E-state index contributed by atoms with van der Waals surface area (Å²) in [5, 5.41) is 5.49. The highest BCUT2D eigenvalue weighted by atomic mass is 32.2. The summed E-state index contributed by atoms with van der Waals surface area (Å²) in [5.74, 6) is -0.578. The number of carbonyl (C=O) groups is 1. The number of rotatable bonds is 6. The van der Waals surface area contributed by atoms with Crippen molar-refractivity contribution in [1.29, 1.82) is 0 Å². The third-order valence-electron chi connectivity index (χ3n) is 4.85. The molecule has 0 aromatic heterocycles. The van der Waals surface area contributed by atoms with Crippen LogP contribution in [0.3, 0.4) is 0 Å². The Labute approximate surface area is 213 Å². The predicted molar refractivity (Wildman–Crippen MR) is 148 cm³/mol. The van der Waals surface area contributed by atoms with Crippen LogP contribution in [0.5, 0.6) is 0 Å². The molecule has 0 unspecified atom stereocenters. The van der Waals surface area contributed by atoms with Crippen LogP contribution in [0.1, 0.15) is 52.7 Å². The van der Waals surface area contributed by atoms with Gasteiger partial charge in [0.1, 0.15) is 0 Å². The van der Waals surface area contributed by atoms with Gasteiger partial charge in [0, 0.05) is 17.6 Å². The number of halogens is 2. The fourth-order valence-electron chi connectivity index (χ4n) is 3.01. The second kappa shape index (κ2) is 15.2. The molecule has 0 aliphatic heterocycles. The van der Waals surface area contributed by atoms with E-state index in [9.17, 15) is 13.6 Å². The van der Waals surface area contributed by atoms with Gasteiger partial charge in [-0.25, -0.2) is 8.78 Å². The van der Waals surface area contributed by atoms with Gasteiger partial charge in [0.15, 0.2) is 11.6 Å². The van der Waals surface area contributed by atoms with Crippen LogP contribution in [0.25, 0.3) is 0 Å². The first-order chi connectivity index (χ1) is 16.6. The van der Waals surface area contributed by atoms with E-state index < -0.39 is 11.6 Å². The zero-order valence-electron chi connectivity index (χ0n) is 21.8. The average molecular weight is 501 g/mol. The van der Waals surface area contributed by atoms with E-state index in [0.717, 1.165) is 23.1 Å². The van der Waals surface area contributed by atoms with Gasteiger partial charge in [-0.1, -0.05) is 71.9 Å². The SMILES string of the molecule is CC.CCSc1ccc(CC(=O)Nc2ccc(C(C)(C)C)cc2)cc1.CNc1cccc(F)c1F. The molecular formula is C29H38F2N2OS. The maximum Gasteiger partial charge on any atom is 0.228 e. The van der Waals surface area contributed by atoms with Crippen molar-refractivity contribution < 1.29 is 13.6 Å². The Morgan fingerprint density at radius 3 is 2.00 bits per heavy atom. The van der Waals surface area contributed by atoms with Crippen LogP contribution in [0.2, 0.25) is 0 Å². The summed E-state index contributed by atoms with van der Waals surface area (Å²) in [4.78, 5) is 13.4. The van der Waals surface area contributed by atoms with E-state index in [2.05, 4.69) is 62.6 Å². The number of hydrogen-bond donors (Lipinski definition) is 2. The molecule has 6 heteroatoms. The highest BCUT2D eigenvalue weighted by molar-refractivity contribution is 7.99. The number of benzene rings is 3. The van der Waals surface area contributed by atoms with Gasteiger partial charge in [0.25, 0.3) is 0 Å². The lowest BCUT2D eigenvalue weighted by atomic mass is 9.87. The van der Waals surface area contributed by atoms with Crippen molar-refractivity contribution in [2.75, 3.05) is 23.4 Å². The highest BCUT2D eigenvalue weighted by Crippen LogP contribution is 2.23. The van der Waals surface area contributed by atoms with Crippen LogP contribution < -0.4 is 10.6 Å². The molecule has 3 aromatic carbocycles. The molecule has 0 saturated carbocycles. The van der Waals surface area contributed by atoms with E-state index in [1.807, 2.05) is 49.9 Å². The topological polar surface area (TPSA) is 41.1 Å². The Bertz CT molecular complexity index is 1030. The second-order valence-electron chi connectivity index (χ2n) is 8.48. The number of anilines is 2. The third kappa shape index (κ3) is 10.5. The molecule has 0 saturated heterocycles. The minimum Gasteiger partial charge on any atom is -0.386 e. The average Bonchev–Trinajstić information content (AvgIpc) is 2.84. The minimum absolute atomic E-state index is 0.0180. The summed E-state index contributed by atoms with van der Waals surface area (Å²) in [6.07, 6.45) is 0.401. The van der Waals surface area contributed by atoms with Crippen molar-refractivity contribution in [1.82, 2.24) is 0 Å². The summed E-state index contributed by atoms with van der Waals surface area (Å²) in [6.45, 7) is 12.7. The fourth-order valence-corrected chi connectivity index (χ4v) is 3.67. The van der Waals surface area contributed by atoms with Crippen LogP contribution in [-0.2, 0) is 16.6 Å². The van der Waals surface area contributed by atoms with Crippen LogP contribution >= 0.6 is 11.8 Å². The van der Waals surface area contributed by atoms with Crippen molar-refractivity contribution >= 4 is 29.0 Å². The molecule has 0 bridgehead atoms. The number of amides is 1. The van der Waals surface area contributed by atoms with Gasteiger partial charge in [0.05, 0.1) is 12.1 Å². The molecule has 2 N–H and O–H groups in total. The Hall–Kier alpha value is -2.86. The fraction of sp³-hybridized carbons (Fsp3) is 0.345. The van der Waals surface area contributed by atoms with Gasteiger partial charge < -0.3 is 10.6 Å². The van der Waals surface area contributed by atoms with E-state index in [4.69, 9.17) is 0 Å². The lowest BCUT2D eigenvalue weighted by Crippen LogP contribution is -2.15. The van der Waals surface area contributed by atoms with Gasteiger partial charge in [-0.3, -0.25) is 4.79 Å². The first kappa shape index (κ1) is 30.2. The van der Waals surface area contributed by atoms with Gasteiger partial charge in [-0.15, -0.1) is 11.8 Å². The lowest BCUT2D eigenvalue weighted by molar-refractivity contribution is -0.115. The molecule has 190 valence electrons. The lowest BCUT2D eigenvalue weighted by Gasteiger charge is -2.19. The first-order valence-electron chi connectivity index (χ1n) is 11.9. The molecule has 1 amide bonds. The van der Waals surface area contributed by atoms with E-state index >= 15 is 0 Å². The number of nitrogens with one attached hydrogen (secondary N) is 2. The van der Waals surface area contributed by atoms with E-state index in [-0.39, 0.29) is 17.0 Å². The smallest absolute Gasteiger partial charge is 0.228 e. The van der Waals surface area contributed by atoms with Crippen molar-refractivity contribution in [3.63, 3.8) is 0 Å². The third-order valence-corrected chi connectivity index (χ3v) is 5.75. The van der Waals surface area contributed by atoms with E-state index in [1.54, 1.807) is 0 Å². The number of hydrogen-bond acceptors (Lipinski definition) is 3. The first-order valence-corrected chi connectivity index (χ1v) is 12.9. The van der Waals surface area contributed by atoms with Crippen molar-refractivity contribution in [2.24, 2.45) is 0 Å². The van der Waals surface area contributed by atoms with E-state index in [1.165, 1.54) is 29.6 Å². The molecule has 3 nitrogen and oxygen atoms in total. The molecule has 3 rings (SSSR count). The quantitative estimate of drug-likeness (QED) is 0.334. The maximum absolute atomic E-state index is 12.6.